The van der Waals surface area contributed by atoms with Gasteiger partial charge in [0.25, 0.3) is 0 Å². The van der Waals surface area contributed by atoms with Gasteiger partial charge in [0.05, 0.1) is 17.9 Å². The average Bonchev–Trinajstić information content (AvgIpc) is 1.76. The number of benzene rings is 3. The van der Waals surface area contributed by atoms with Gasteiger partial charge in [-0.25, -0.2) is 0 Å². The number of aromatic amines is 1. The van der Waals surface area contributed by atoms with Crippen molar-refractivity contribution in [1.29, 1.82) is 0 Å². The van der Waals surface area contributed by atoms with Crippen LogP contribution in [0.3, 0.4) is 0 Å². The maximum atomic E-state index is 15.1. The summed E-state index contributed by atoms with van der Waals surface area (Å²) >= 11 is 7.01. The molecule has 30 nitrogen and oxygen atoms in total. The van der Waals surface area contributed by atoms with Crippen molar-refractivity contribution in [2.45, 2.75) is 157 Å². The van der Waals surface area contributed by atoms with Crippen molar-refractivity contribution < 1.29 is 85.9 Å². The van der Waals surface area contributed by atoms with Crippen LogP contribution in [0.1, 0.15) is 87.8 Å². The summed E-state index contributed by atoms with van der Waals surface area (Å²) in [5, 5.41) is 67.7. The summed E-state index contributed by atoms with van der Waals surface area (Å²) in [5.74, 6) is -10.1. The SMILES string of the molecule is C[C@@H](O)[C@@H]1NC(=O)[C@H](CCCCN)NC(=O)[C@@H](Cc2c[nH]c3ccccc23)NC(=O)[C@H](Cc2ccc(O)cc2)NC(=O)[C@H](Cc2ccccc2)N(C)C(=O)[C@H](CCSCC(=O)NC[C@H](N)C([O-])=N[C@@H](CCCCN)C([O-])=N[C@@H](C[S-])C(=O)N[C@@H](CCCCN)C(N)=O)NC1=O.[O]=[99Tc+3]. The van der Waals surface area contributed by atoms with Crippen LogP contribution in [0.15, 0.2) is 95.0 Å². The molecule has 530 valence electrons. The molecule has 0 saturated carbocycles. The topological polar surface area (TPSA) is 515 Å². The van der Waals surface area contributed by atoms with E-state index in [2.05, 4.69) is 52.2 Å². The molecule has 0 radical (unpaired) electrons. The number of unbranched alkanes of at least 4 members (excludes halogenated alkanes) is 3. The fourth-order valence-corrected chi connectivity index (χ4v) is 11.4. The van der Waals surface area contributed by atoms with E-state index in [4.69, 9.17) is 44.8 Å². The molecule has 4 aromatic rings. The third-order valence-corrected chi connectivity index (χ3v) is 17.2. The van der Waals surface area contributed by atoms with Crippen LogP contribution in [-0.2, 0) is 97.4 Å². The van der Waals surface area contributed by atoms with Crippen molar-refractivity contribution in [2.75, 3.05) is 50.5 Å². The molecule has 20 N–H and O–H groups in total. The molecule has 1 fully saturated rings. The molecule has 2 heterocycles. The molecule has 33 heteroatoms. The van der Waals surface area contributed by atoms with E-state index in [1.54, 1.807) is 54.7 Å². The first-order chi connectivity index (χ1) is 46.5. The Labute approximate surface area is 583 Å². The average molecular weight is 1470 g/mol. The summed E-state index contributed by atoms with van der Waals surface area (Å²) in [6.07, 6.45) is 2.25. The van der Waals surface area contributed by atoms with Crippen molar-refractivity contribution >= 4 is 100 Å². The number of likely N-dealkylation sites (N-methyl/N-ethyl adjacent to an activating group) is 1. The molecule has 1 saturated heterocycles. The Morgan fingerprint density at radius 2 is 1.26 bits per heavy atom. The molecule has 0 aliphatic carbocycles. The number of carbonyl (C=O) groups is 9. The number of H-pyrrole nitrogens is 1. The summed E-state index contributed by atoms with van der Waals surface area (Å²) < 4.78 is 8.22. The minimum absolute atomic E-state index is 0.0000132. The van der Waals surface area contributed by atoms with Crippen LogP contribution in [0.25, 0.3) is 10.9 Å². The van der Waals surface area contributed by atoms with Crippen LogP contribution < -0.4 is 76.1 Å². The number of rotatable bonds is 34. The van der Waals surface area contributed by atoms with E-state index in [9.17, 15) is 54.0 Å². The summed E-state index contributed by atoms with van der Waals surface area (Å²) in [4.78, 5) is 140. The van der Waals surface area contributed by atoms with Crippen LogP contribution in [0.5, 0.6) is 5.75 Å². The first kappa shape index (κ1) is 81.5. The zero-order chi connectivity index (χ0) is 71.6. The first-order valence-corrected chi connectivity index (χ1v) is 34.3. The van der Waals surface area contributed by atoms with Crippen molar-refractivity contribution in [1.82, 2.24) is 47.1 Å². The Bertz CT molecular complexity index is 3260. The van der Waals surface area contributed by atoms with E-state index in [-0.39, 0.29) is 81.0 Å². The number of amides is 9. The van der Waals surface area contributed by atoms with Gasteiger partial charge in [0.1, 0.15) is 54.1 Å². The molecule has 9 amide bonds. The van der Waals surface area contributed by atoms with Gasteiger partial charge in [0.15, 0.2) is 0 Å². The molecule has 1 aromatic heterocycles. The number of hydrogen-bond acceptors (Lipinski definition) is 22. The van der Waals surface area contributed by atoms with E-state index < -0.39 is 138 Å². The van der Waals surface area contributed by atoms with E-state index in [1.165, 1.54) is 26.1 Å². The third-order valence-electron chi connectivity index (χ3n) is 15.9. The fourth-order valence-electron chi connectivity index (χ4n) is 10.4. The van der Waals surface area contributed by atoms with Crippen LogP contribution in [-0.4, -0.2) is 202 Å². The molecule has 0 spiro atoms. The molecule has 0 bridgehead atoms. The van der Waals surface area contributed by atoms with Gasteiger partial charge < -0.3 is 109 Å². The summed E-state index contributed by atoms with van der Waals surface area (Å²) in [6.45, 7) is 1.64. The normalized spacial score (nSPS) is 20.2. The molecule has 3 aromatic carbocycles. The third kappa shape index (κ3) is 27.2. The predicted octanol–water partition coefficient (Wildman–Crippen LogP) is -3.85. The summed E-state index contributed by atoms with van der Waals surface area (Å²) in [5.41, 5.74) is 31.2. The van der Waals surface area contributed by atoms with E-state index in [1.807, 2.05) is 18.2 Å². The Morgan fingerprint density at radius 1 is 0.691 bits per heavy atom. The van der Waals surface area contributed by atoms with Gasteiger partial charge in [0.2, 0.25) is 53.2 Å². The Morgan fingerprint density at radius 3 is 1.90 bits per heavy atom. The van der Waals surface area contributed by atoms with Crippen LogP contribution in [0.4, 0.5) is 0 Å². The number of aromatic hydroxyl groups is 1. The molecular formula is C64H91N16O14S2Tc. The number of fused-ring (bicyclic) bond motifs is 1. The summed E-state index contributed by atoms with van der Waals surface area (Å²) in [7, 11) is 1.33. The number of aliphatic hydroxyl groups is 1. The van der Waals surface area contributed by atoms with Crippen molar-refractivity contribution in [3.63, 3.8) is 0 Å². The summed E-state index contributed by atoms with van der Waals surface area (Å²) in [6, 6.07) is 7.67. The zero-order valence-electron chi connectivity index (χ0n) is 54.3. The number of aliphatic imine (C=N–C) groups is 2. The minimum atomic E-state index is -1.73. The molecule has 11 atom stereocenters. The van der Waals surface area contributed by atoms with Gasteiger partial charge in [-0.05, 0) is 143 Å². The molecule has 5 rings (SSSR count). The number of phenolic OH excluding ortho intramolecular Hbond substituents is 1. The van der Waals surface area contributed by atoms with Crippen LogP contribution in [0, 0.1) is 0 Å². The number of phenols is 1. The van der Waals surface area contributed by atoms with Gasteiger partial charge in [0, 0.05) is 56.0 Å². The van der Waals surface area contributed by atoms with Gasteiger partial charge in [-0.15, -0.1) is 5.75 Å². The number of aromatic nitrogens is 1. The molecule has 0 unspecified atom stereocenters. The van der Waals surface area contributed by atoms with Crippen molar-refractivity contribution in [3.8, 4) is 5.75 Å². The van der Waals surface area contributed by atoms with Crippen molar-refractivity contribution in [2.24, 2.45) is 38.7 Å². The molecule has 97 heavy (non-hydrogen) atoms. The van der Waals surface area contributed by atoms with Gasteiger partial charge in [-0.3, -0.25) is 53.1 Å². The second-order valence-corrected chi connectivity index (χ2v) is 24.7. The molecule has 1 aliphatic rings. The predicted molar refractivity (Wildman–Crippen MR) is 360 cm³/mol. The number of nitrogens with one attached hydrogen (secondary N) is 8. The number of aliphatic hydroxyl groups excluding tert-OH is 1. The second kappa shape index (κ2) is 43.4. The number of hydrogen-bond donors (Lipinski definition) is 15. The molecular weight excluding hydrogens is 1380 g/mol. The maximum absolute atomic E-state index is 15.1. The van der Waals surface area contributed by atoms with Crippen LogP contribution in [0.2, 0.25) is 0 Å². The Hall–Kier alpha value is -7.88. The standard InChI is InChI=1S/C64H94N16O13S2.O.Tc/c1-37(81)54-63(92)75-48(25-29-95-36-53(83)71-34-43(68)56(85)73-46(19-9-12-27-66)57(86)78-51(35-94)61(90)72-45(55(69)84)18-8-11-26-65)64(93)80(2)52(31-38-14-4-3-5-15-38)62(91)77-49(30-39-21-23-41(82)24-22-39)59(88)76-50(32-40-33-70-44-17-7-6-16-42(40)44)60(89)74-47(58(87)79-54)20-10-13-28-67;;/h3-7,14-17,21-24,33,37,43,45-52,54,70,81-82,94H,8-13,18-20,25-32,34-36,65-68H2,1-2H3,(H2,69,84)(H,71,83)(H,72,90)(H,73,85)(H,74,89)(H,75,92)(H,76,88)(H,77,91)(H,78,86)(H,79,87);;/q;;+3/p-3/t37-,43+,45+,46+,47+,48+,49+,50-,51+,52+,54+;;/m1../s1/i;;1+1. The Kier molecular flexibility index (Phi) is 36.5. The van der Waals surface area contributed by atoms with E-state index in [0.29, 0.717) is 61.8 Å². The Balaban J connectivity index is 0.00000990. The number of thioether (sulfide) groups is 1. The van der Waals surface area contributed by atoms with Gasteiger partial charge in [-0.2, -0.15) is 11.8 Å². The number of carbonyl (C=O) groups excluding carboxylic acids is 9. The number of primary amides is 1. The van der Waals surface area contributed by atoms with Crippen molar-refractivity contribution in [3.05, 3.63) is 102 Å². The number of nitrogens with zero attached hydrogens (tertiary/aromatic N) is 3. The monoisotopic (exact) mass is 1470 g/mol. The number of nitrogens with two attached hydrogens (primary N) is 5. The quantitative estimate of drug-likeness (QED) is 0.00921. The van der Waals surface area contributed by atoms with Crippen LogP contribution >= 0.6 is 11.8 Å². The second-order valence-electron chi connectivity index (χ2n) is 23.3. The van der Waals surface area contributed by atoms with E-state index >= 15 is 9.59 Å². The van der Waals surface area contributed by atoms with Gasteiger partial charge >= 0.3 is 22.4 Å². The number of para-hydroxylation sites is 1. The first-order valence-electron chi connectivity index (χ1n) is 31.8. The molecule has 1 aliphatic heterocycles. The van der Waals surface area contributed by atoms with Gasteiger partial charge in [-0.1, -0.05) is 60.7 Å². The fraction of sp³-hybridized carbons (Fsp3) is 0.516. The zero-order valence-corrected chi connectivity index (χ0v) is 57.8. The van der Waals surface area contributed by atoms with E-state index in [0.717, 1.165) is 46.4 Å².